The van der Waals surface area contributed by atoms with Crippen LogP contribution in [0.4, 0.5) is 4.70 Å². The average molecular weight is 211 g/mol. The second kappa shape index (κ2) is 6.17. The Morgan fingerprint density at radius 3 is 1.07 bits per heavy atom. The number of halogens is 2. The fraction of sp³-hybridized carbons (Fsp3) is 0. The molecule has 0 nitrogen and oxygen atoms in total. The second-order valence-electron chi connectivity index (χ2n) is 2.73. The Morgan fingerprint density at radius 2 is 0.786 bits per heavy atom. The van der Waals surface area contributed by atoms with Crippen LogP contribution in [0.2, 0.25) is 0 Å². The fourth-order valence-electron chi connectivity index (χ4n) is 1.26. The Bertz CT molecular complexity index is 308. The highest BCUT2D eigenvalue weighted by Gasteiger charge is 1.91. The van der Waals surface area contributed by atoms with Gasteiger partial charge >= 0.3 is 0 Å². The van der Waals surface area contributed by atoms with Crippen molar-refractivity contribution in [1.82, 2.24) is 0 Å². The van der Waals surface area contributed by atoms with Gasteiger partial charge in [0.2, 0.25) is 0 Å². The molecule has 0 unspecified atom stereocenters. The SMILES string of the molecule is Cl.F.c1ccc(-c2ccccc2)cc1. The van der Waals surface area contributed by atoms with Gasteiger partial charge < -0.3 is 0 Å². The van der Waals surface area contributed by atoms with E-state index in [2.05, 4.69) is 48.5 Å². The molecule has 0 spiro atoms. The number of benzene rings is 2. The van der Waals surface area contributed by atoms with E-state index in [0.29, 0.717) is 0 Å². The van der Waals surface area contributed by atoms with E-state index in [-0.39, 0.29) is 17.1 Å². The number of hydrogen-bond acceptors (Lipinski definition) is 0. The van der Waals surface area contributed by atoms with E-state index >= 15 is 0 Å². The van der Waals surface area contributed by atoms with Crippen LogP contribution in [0, 0.1) is 0 Å². The summed E-state index contributed by atoms with van der Waals surface area (Å²) in [5.74, 6) is 0. The maximum atomic E-state index is 2.12. The molecule has 2 rings (SSSR count). The first-order valence-electron chi connectivity index (χ1n) is 4.07. The fourth-order valence-corrected chi connectivity index (χ4v) is 1.26. The molecule has 2 aromatic carbocycles. The quantitative estimate of drug-likeness (QED) is 0.669. The van der Waals surface area contributed by atoms with Gasteiger partial charge in [-0.2, -0.15) is 0 Å². The van der Waals surface area contributed by atoms with Crippen LogP contribution in [-0.4, -0.2) is 0 Å². The Hall–Kier alpha value is -1.34. The molecule has 0 saturated heterocycles. The van der Waals surface area contributed by atoms with Crippen LogP contribution in [-0.2, 0) is 0 Å². The van der Waals surface area contributed by atoms with Gasteiger partial charge in [0.1, 0.15) is 0 Å². The molecular formula is C12H12ClF. The van der Waals surface area contributed by atoms with Gasteiger partial charge in [0.05, 0.1) is 0 Å². The normalized spacial score (nSPS) is 8.29. The predicted molar refractivity (Wildman–Crippen MR) is 61.6 cm³/mol. The van der Waals surface area contributed by atoms with E-state index in [1.807, 2.05) is 12.1 Å². The highest BCUT2D eigenvalue weighted by Crippen LogP contribution is 2.17. The van der Waals surface area contributed by atoms with Crippen LogP contribution in [0.5, 0.6) is 0 Å². The largest absolute Gasteiger partial charge is 0.269 e. The van der Waals surface area contributed by atoms with Crippen molar-refractivity contribution < 1.29 is 4.70 Å². The van der Waals surface area contributed by atoms with Crippen molar-refractivity contribution in [2.75, 3.05) is 0 Å². The van der Waals surface area contributed by atoms with E-state index in [1.54, 1.807) is 0 Å². The summed E-state index contributed by atoms with van der Waals surface area (Å²) in [6.45, 7) is 0. The summed E-state index contributed by atoms with van der Waals surface area (Å²) < 4.78 is 0. The highest BCUT2D eigenvalue weighted by molar-refractivity contribution is 5.85. The lowest BCUT2D eigenvalue weighted by Crippen LogP contribution is -1.73. The van der Waals surface area contributed by atoms with Crippen LogP contribution in [0.1, 0.15) is 0 Å². The van der Waals surface area contributed by atoms with Crippen LogP contribution >= 0.6 is 12.4 Å². The summed E-state index contributed by atoms with van der Waals surface area (Å²) in [6, 6.07) is 20.8. The third-order valence-electron chi connectivity index (χ3n) is 1.88. The predicted octanol–water partition coefficient (Wildman–Crippen LogP) is 3.93. The molecule has 0 aliphatic carbocycles. The summed E-state index contributed by atoms with van der Waals surface area (Å²) in [4.78, 5) is 0. The molecule has 2 aromatic rings. The average Bonchev–Trinajstić information content (AvgIpc) is 2.21. The molecule has 14 heavy (non-hydrogen) atoms. The summed E-state index contributed by atoms with van der Waals surface area (Å²) in [5.41, 5.74) is 2.55. The summed E-state index contributed by atoms with van der Waals surface area (Å²) in [7, 11) is 0. The minimum Gasteiger partial charge on any atom is -0.269 e. The first-order chi connectivity index (χ1) is 5.97. The zero-order valence-electron chi connectivity index (χ0n) is 7.59. The van der Waals surface area contributed by atoms with Crippen LogP contribution in [0.15, 0.2) is 60.7 Å². The Balaban J connectivity index is 0.000000845. The molecular weight excluding hydrogens is 199 g/mol. The van der Waals surface area contributed by atoms with Crippen LogP contribution < -0.4 is 0 Å². The third kappa shape index (κ3) is 2.86. The molecule has 0 atom stereocenters. The van der Waals surface area contributed by atoms with Crippen LogP contribution in [0.25, 0.3) is 11.1 Å². The lowest BCUT2D eigenvalue weighted by molar-refractivity contribution is 1.11. The molecule has 0 radical (unpaired) electrons. The molecule has 0 fully saturated rings. The van der Waals surface area contributed by atoms with Gasteiger partial charge in [-0.05, 0) is 11.1 Å². The first-order valence-corrected chi connectivity index (χ1v) is 4.07. The van der Waals surface area contributed by atoms with Gasteiger partial charge in [-0.1, -0.05) is 60.7 Å². The van der Waals surface area contributed by atoms with Crippen molar-refractivity contribution in [1.29, 1.82) is 0 Å². The molecule has 0 aliphatic rings. The van der Waals surface area contributed by atoms with Crippen molar-refractivity contribution in [2.24, 2.45) is 0 Å². The minimum absolute atomic E-state index is 0. The molecule has 74 valence electrons. The van der Waals surface area contributed by atoms with Gasteiger partial charge in [0.15, 0.2) is 0 Å². The topological polar surface area (TPSA) is 0 Å². The molecule has 2 heteroatoms. The molecule has 0 aromatic heterocycles. The van der Waals surface area contributed by atoms with E-state index in [0.717, 1.165) is 0 Å². The molecule has 0 heterocycles. The standard InChI is InChI=1S/C12H10.ClH.FH/c1-3-7-11(8-4-1)12-9-5-2-6-10-12;;/h1-10H;2*1H. The van der Waals surface area contributed by atoms with Crippen LogP contribution in [0.3, 0.4) is 0 Å². The molecule has 0 amide bonds. The zero-order valence-corrected chi connectivity index (χ0v) is 8.41. The second-order valence-corrected chi connectivity index (χ2v) is 2.73. The summed E-state index contributed by atoms with van der Waals surface area (Å²) in [5, 5.41) is 0. The van der Waals surface area contributed by atoms with Crippen molar-refractivity contribution in [3.05, 3.63) is 60.7 Å². The Kier molecular flexibility index (Phi) is 5.58. The highest BCUT2D eigenvalue weighted by atomic mass is 35.5. The van der Waals surface area contributed by atoms with E-state index < -0.39 is 0 Å². The summed E-state index contributed by atoms with van der Waals surface area (Å²) >= 11 is 0. The van der Waals surface area contributed by atoms with Gasteiger partial charge in [-0.25, -0.2) is 0 Å². The first kappa shape index (κ1) is 12.7. The van der Waals surface area contributed by atoms with Gasteiger partial charge in [0.25, 0.3) is 0 Å². The van der Waals surface area contributed by atoms with E-state index in [9.17, 15) is 0 Å². The molecule has 0 N–H and O–H groups in total. The van der Waals surface area contributed by atoms with Gasteiger partial charge in [-0.15, -0.1) is 12.4 Å². The van der Waals surface area contributed by atoms with E-state index in [4.69, 9.17) is 0 Å². The zero-order chi connectivity index (χ0) is 8.23. The Morgan fingerprint density at radius 1 is 0.500 bits per heavy atom. The van der Waals surface area contributed by atoms with Crippen molar-refractivity contribution in [3.63, 3.8) is 0 Å². The van der Waals surface area contributed by atoms with Crippen molar-refractivity contribution >= 4 is 12.4 Å². The number of hydrogen-bond donors (Lipinski definition) is 0. The maximum Gasteiger partial charge on any atom is -0.0184 e. The van der Waals surface area contributed by atoms with Crippen molar-refractivity contribution in [2.45, 2.75) is 0 Å². The minimum atomic E-state index is 0. The van der Waals surface area contributed by atoms with E-state index in [1.165, 1.54) is 11.1 Å². The third-order valence-corrected chi connectivity index (χ3v) is 1.88. The van der Waals surface area contributed by atoms with Gasteiger partial charge in [0, 0.05) is 0 Å². The lowest BCUT2D eigenvalue weighted by atomic mass is 10.1. The number of rotatable bonds is 1. The summed E-state index contributed by atoms with van der Waals surface area (Å²) in [6.07, 6.45) is 0. The molecule has 0 saturated carbocycles. The smallest absolute Gasteiger partial charge is 0.0184 e. The van der Waals surface area contributed by atoms with Crippen molar-refractivity contribution in [3.8, 4) is 11.1 Å². The lowest BCUT2D eigenvalue weighted by Gasteiger charge is -1.98. The molecule has 0 bridgehead atoms. The van der Waals surface area contributed by atoms with Gasteiger partial charge in [-0.3, -0.25) is 4.70 Å². The monoisotopic (exact) mass is 210 g/mol. The molecule has 0 aliphatic heterocycles. The Labute approximate surface area is 89.4 Å². The maximum absolute atomic E-state index is 2.12.